The van der Waals surface area contributed by atoms with E-state index in [1.807, 2.05) is 24.1 Å². The Morgan fingerprint density at radius 1 is 1.08 bits per heavy atom. The van der Waals surface area contributed by atoms with Crippen LogP contribution < -0.4 is 0 Å². The summed E-state index contributed by atoms with van der Waals surface area (Å²) >= 11 is 0. The van der Waals surface area contributed by atoms with Crippen molar-refractivity contribution in [2.24, 2.45) is 5.92 Å². The molecule has 1 fully saturated rings. The average molecular weight is 346 g/mol. The molecule has 2 aromatic heterocycles. The van der Waals surface area contributed by atoms with Gasteiger partial charge < -0.3 is 4.90 Å². The number of para-hydroxylation sites is 1. The van der Waals surface area contributed by atoms with E-state index in [-0.39, 0.29) is 5.91 Å². The number of rotatable bonds is 3. The van der Waals surface area contributed by atoms with Gasteiger partial charge in [0.05, 0.1) is 5.52 Å². The summed E-state index contributed by atoms with van der Waals surface area (Å²) in [7, 11) is 0. The predicted molar refractivity (Wildman–Crippen MR) is 101 cm³/mol. The van der Waals surface area contributed by atoms with Gasteiger partial charge in [-0.05, 0) is 55.9 Å². The van der Waals surface area contributed by atoms with Crippen molar-refractivity contribution < 1.29 is 4.79 Å². The van der Waals surface area contributed by atoms with Gasteiger partial charge in [-0.15, -0.1) is 0 Å². The molecule has 3 aromatic rings. The lowest BCUT2D eigenvalue weighted by Gasteiger charge is -2.32. The molecular formula is C21H22N4O. The standard InChI is InChI=1S/C21H22N4O/c1-15-22-11-7-20(24-15)21(26)25-12-8-16(9-13-25)14-17-6-10-23-19-5-3-2-4-18(17)19/h2-7,10-11,16H,8-9,12-14H2,1H3. The molecular weight excluding hydrogens is 324 g/mol. The molecule has 132 valence electrons. The second-order valence-electron chi connectivity index (χ2n) is 6.92. The van der Waals surface area contributed by atoms with Crippen LogP contribution in [0, 0.1) is 12.8 Å². The highest BCUT2D eigenvalue weighted by molar-refractivity contribution is 5.92. The molecule has 1 amide bonds. The van der Waals surface area contributed by atoms with Crippen LogP contribution in [-0.2, 0) is 6.42 Å². The van der Waals surface area contributed by atoms with E-state index in [4.69, 9.17) is 0 Å². The Labute approximate surface area is 153 Å². The summed E-state index contributed by atoms with van der Waals surface area (Å²) in [5, 5.41) is 1.24. The lowest BCUT2D eigenvalue weighted by molar-refractivity contribution is 0.0684. The summed E-state index contributed by atoms with van der Waals surface area (Å²) in [4.78, 5) is 27.3. The van der Waals surface area contributed by atoms with Crippen LogP contribution in [0.15, 0.2) is 48.8 Å². The van der Waals surface area contributed by atoms with Crippen molar-refractivity contribution in [3.8, 4) is 0 Å². The second kappa shape index (κ2) is 7.20. The average Bonchev–Trinajstić information content (AvgIpc) is 2.68. The molecule has 0 unspecified atom stereocenters. The number of amides is 1. The maximum Gasteiger partial charge on any atom is 0.272 e. The van der Waals surface area contributed by atoms with E-state index in [0.29, 0.717) is 17.4 Å². The quantitative estimate of drug-likeness (QED) is 0.729. The summed E-state index contributed by atoms with van der Waals surface area (Å²) in [6, 6.07) is 12.1. The van der Waals surface area contributed by atoms with E-state index in [0.717, 1.165) is 37.9 Å². The highest BCUT2D eigenvalue weighted by Crippen LogP contribution is 2.26. The van der Waals surface area contributed by atoms with Crippen LogP contribution in [0.4, 0.5) is 0 Å². The molecule has 1 saturated heterocycles. The molecule has 1 aromatic carbocycles. The van der Waals surface area contributed by atoms with Crippen molar-refractivity contribution in [3.63, 3.8) is 0 Å². The van der Waals surface area contributed by atoms with Gasteiger partial charge in [0.1, 0.15) is 11.5 Å². The topological polar surface area (TPSA) is 59.0 Å². The number of fused-ring (bicyclic) bond motifs is 1. The van der Waals surface area contributed by atoms with Crippen molar-refractivity contribution in [1.82, 2.24) is 19.9 Å². The Morgan fingerprint density at radius 2 is 1.85 bits per heavy atom. The fourth-order valence-corrected chi connectivity index (χ4v) is 3.72. The first-order chi connectivity index (χ1) is 12.7. The van der Waals surface area contributed by atoms with Crippen LogP contribution in [0.2, 0.25) is 0 Å². The first-order valence-electron chi connectivity index (χ1n) is 9.12. The van der Waals surface area contributed by atoms with E-state index in [1.165, 1.54) is 10.9 Å². The number of carbonyl (C=O) groups is 1. The number of likely N-dealkylation sites (tertiary alicyclic amines) is 1. The minimum atomic E-state index is 0.0170. The number of aromatic nitrogens is 3. The van der Waals surface area contributed by atoms with Crippen molar-refractivity contribution in [2.75, 3.05) is 13.1 Å². The van der Waals surface area contributed by atoms with Gasteiger partial charge >= 0.3 is 0 Å². The number of hydrogen-bond acceptors (Lipinski definition) is 4. The van der Waals surface area contributed by atoms with Crippen LogP contribution in [-0.4, -0.2) is 38.8 Å². The normalized spacial score (nSPS) is 15.3. The lowest BCUT2D eigenvalue weighted by Crippen LogP contribution is -2.39. The molecule has 5 heteroatoms. The van der Waals surface area contributed by atoms with Crippen LogP contribution in [0.3, 0.4) is 0 Å². The lowest BCUT2D eigenvalue weighted by atomic mass is 9.89. The number of nitrogens with zero attached hydrogens (tertiary/aromatic N) is 4. The number of carbonyl (C=O) groups excluding carboxylic acids is 1. The zero-order valence-electron chi connectivity index (χ0n) is 14.9. The largest absolute Gasteiger partial charge is 0.337 e. The minimum absolute atomic E-state index is 0.0170. The molecule has 3 heterocycles. The summed E-state index contributed by atoms with van der Waals surface area (Å²) < 4.78 is 0. The highest BCUT2D eigenvalue weighted by Gasteiger charge is 2.25. The maximum atomic E-state index is 12.6. The Balaban J connectivity index is 1.41. The molecule has 0 radical (unpaired) electrons. The van der Waals surface area contributed by atoms with Crippen molar-refractivity contribution >= 4 is 16.8 Å². The smallest absolute Gasteiger partial charge is 0.272 e. The third-order valence-electron chi connectivity index (χ3n) is 5.14. The number of hydrogen-bond donors (Lipinski definition) is 0. The van der Waals surface area contributed by atoms with Crippen LogP contribution in [0.1, 0.15) is 34.7 Å². The van der Waals surface area contributed by atoms with Gasteiger partial charge in [0.2, 0.25) is 0 Å². The minimum Gasteiger partial charge on any atom is -0.337 e. The molecule has 0 spiro atoms. The summed E-state index contributed by atoms with van der Waals surface area (Å²) in [6.07, 6.45) is 6.63. The van der Waals surface area contributed by atoms with Crippen molar-refractivity contribution in [3.05, 3.63) is 65.9 Å². The molecule has 5 nitrogen and oxygen atoms in total. The van der Waals surface area contributed by atoms with Gasteiger partial charge in [0.25, 0.3) is 5.91 Å². The summed E-state index contributed by atoms with van der Waals surface area (Å²) in [5.74, 6) is 1.25. The van der Waals surface area contributed by atoms with Gasteiger partial charge in [-0.3, -0.25) is 9.78 Å². The van der Waals surface area contributed by atoms with Gasteiger partial charge in [-0.1, -0.05) is 18.2 Å². The van der Waals surface area contributed by atoms with Gasteiger partial charge in [-0.25, -0.2) is 9.97 Å². The SMILES string of the molecule is Cc1nccc(C(=O)N2CCC(Cc3ccnc4ccccc34)CC2)n1. The Hall–Kier alpha value is -2.82. The van der Waals surface area contributed by atoms with Crippen LogP contribution in [0.5, 0.6) is 0 Å². The van der Waals surface area contributed by atoms with Crippen LogP contribution >= 0.6 is 0 Å². The Kier molecular flexibility index (Phi) is 4.61. The van der Waals surface area contributed by atoms with E-state index < -0.39 is 0 Å². The number of benzene rings is 1. The van der Waals surface area contributed by atoms with E-state index in [2.05, 4.69) is 39.2 Å². The summed E-state index contributed by atoms with van der Waals surface area (Å²) in [5.41, 5.74) is 2.90. The molecule has 1 aliphatic heterocycles. The molecule has 0 aliphatic carbocycles. The maximum absolute atomic E-state index is 12.6. The van der Waals surface area contributed by atoms with E-state index in [9.17, 15) is 4.79 Å². The number of aryl methyl sites for hydroxylation is 1. The van der Waals surface area contributed by atoms with Gasteiger partial charge in [0, 0.05) is 30.9 Å². The highest BCUT2D eigenvalue weighted by atomic mass is 16.2. The first-order valence-corrected chi connectivity index (χ1v) is 9.12. The van der Waals surface area contributed by atoms with Crippen LogP contribution in [0.25, 0.3) is 10.9 Å². The van der Waals surface area contributed by atoms with Gasteiger partial charge in [0.15, 0.2) is 0 Å². The zero-order valence-corrected chi connectivity index (χ0v) is 14.9. The fourth-order valence-electron chi connectivity index (χ4n) is 3.72. The Bertz CT molecular complexity index is 927. The Morgan fingerprint density at radius 3 is 2.65 bits per heavy atom. The first kappa shape index (κ1) is 16.6. The monoisotopic (exact) mass is 346 g/mol. The van der Waals surface area contributed by atoms with Crippen molar-refractivity contribution in [2.45, 2.75) is 26.2 Å². The fraction of sp³-hybridized carbons (Fsp3) is 0.333. The molecule has 1 aliphatic rings. The second-order valence-corrected chi connectivity index (χ2v) is 6.92. The predicted octanol–water partition coefficient (Wildman–Crippen LogP) is 3.43. The molecule has 0 bridgehead atoms. The molecule has 0 saturated carbocycles. The molecule has 4 rings (SSSR count). The molecule has 26 heavy (non-hydrogen) atoms. The van der Waals surface area contributed by atoms with E-state index in [1.54, 1.807) is 12.3 Å². The number of piperidine rings is 1. The zero-order chi connectivity index (χ0) is 17.9. The summed E-state index contributed by atoms with van der Waals surface area (Å²) in [6.45, 7) is 3.38. The van der Waals surface area contributed by atoms with Crippen molar-refractivity contribution in [1.29, 1.82) is 0 Å². The molecule has 0 atom stereocenters. The number of pyridine rings is 1. The third kappa shape index (κ3) is 3.43. The van der Waals surface area contributed by atoms with E-state index >= 15 is 0 Å². The van der Waals surface area contributed by atoms with Gasteiger partial charge in [-0.2, -0.15) is 0 Å². The third-order valence-corrected chi connectivity index (χ3v) is 5.14. The molecule has 0 N–H and O–H groups in total.